The van der Waals surface area contributed by atoms with Crippen LogP contribution in [0.2, 0.25) is 0 Å². The maximum atomic E-state index is 13.3. The smallest absolute Gasteiger partial charge is 0.340 e. The highest BCUT2D eigenvalue weighted by atomic mass is 16.6. The second-order valence-corrected chi connectivity index (χ2v) is 9.90. The molecular formula is C29H32N2O4. The van der Waals surface area contributed by atoms with Crippen molar-refractivity contribution in [2.24, 2.45) is 0 Å². The zero-order valence-electron chi connectivity index (χ0n) is 20.4. The van der Waals surface area contributed by atoms with E-state index in [0.717, 1.165) is 42.6 Å². The molecule has 1 heterocycles. The normalized spacial score (nSPS) is 15.9. The fourth-order valence-corrected chi connectivity index (χ4v) is 4.28. The van der Waals surface area contributed by atoms with Crippen molar-refractivity contribution in [1.82, 2.24) is 5.32 Å². The number of aromatic hydroxyl groups is 1. The van der Waals surface area contributed by atoms with Crippen LogP contribution in [-0.4, -0.2) is 35.7 Å². The monoisotopic (exact) mass is 472 g/mol. The molecule has 1 aliphatic heterocycles. The Kier molecular flexibility index (Phi) is 7.22. The van der Waals surface area contributed by atoms with Gasteiger partial charge in [0.25, 0.3) is 5.91 Å². The van der Waals surface area contributed by atoms with Crippen molar-refractivity contribution >= 4 is 17.6 Å². The molecule has 0 bridgehead atoms. The van der Waals surface area contributed by atoms with Crippen LogP contribution in [0.5, 0.6) is 5.75 Å². The minimum atomic E-state index is -0.683. The van der Waals surface area contributed by atoms with Crippen molar-refractivity contribution in [3.8, 4) is 16.9 Å². The summed E-state index contributed by atoms with van der Waals surface area (Å²) in [6.07, 6.45) is 2.10. The summed E-state index contributed by atoms with van der Waals surface area (Å²) in [4.78, 5) is 26.3. The largest absolute Gasteiger partial charge is 0.507 e. The minimum absolute atomic E-state index is 0.104. The molecule has 1 unspecified atom stereocenters. The summed E-state index contributed by atoms with van der Waals surface area (Å²) in [7, 11) is 0. The Balaban J connectivity index is 1.68. The van der Waals surface area contributed by atoms with Crippen molar-refractivity contribution in [1.29, 1.82) is 0 Å². The molecule has 182 valence electrons. The van der Waals surface area contributed by atoms with Crippen LogP contribution in [0.15, 0.2) is 66.7 Å². The molecule has 0 aromatic heterocycles. The molecule has 0 aliphatic carbocycles. The van der Waals surface area contributed by atoms with E-state index in [-0.39, 0.29) is 22.8 Å². The van der Waals surface area contributed by atoms with Crippen molar-refractivity contribution < 1.29 is 19.4 Å². The number of benzene rings is 3. The summed E-state index contributed by atoms with van der Waals surface area (Å²) in [5.74, 6) is -0.829. The second kappa shape index (κ2) is 10.3. The van der Waals surface area contributed by atoms with Crippen LogP contribution in [0.3, 0.4) is 0 Å². The lowest BCUT2D eigenvalue weighted by Gasteiger charge is -2.24. The van der Waals surface area contributed by atoms with Crippen molar-refractivity contribution in [3.63, 3.8) is 0 Å². The van der Waals surface area contributed by atoms with Gasteiger partial charge in [-0.05, 0) is 87.0 Å². The number of phenols is 1. The van der Waals surface area contributed by atoms with E-state index in [1.807, 2.05) is 42.5 Å². The van der Waals surface area contributed by atoms with Gasteiger partial charge in [0.1, 0.15) is 11.4 Å². The number of anilines is 1. The Morgan fingerprint density at radius 3 is 2.43 bits per heavy atom. The average molecular weight is 473 g/mol. The molecule has 0 saturated carbocycles. The number of phenolic OH excluding ortho intramolecular Hbond substituents is 1. The predicted molar refractivity (Wildman–Crippen MR) is 138 cm³/mol. The topological polar surface area (TPSA) is 87.7 Å². The summed E-state index contributed by atoms with van der Waals surface area (Å²) in [5, 5.41) is 16.7. The van der Waals surface area contributed by atoms with E-state index in [2.05, 4.69) is 10.6 Å². The standard InChI is InChI=1S/C29H32N2O4/c1-29(2,3)35-28(34)23-13-11-21(19-8-5-4-6-9-19)17-25(23)31-27(33)24-16-20(12-14-26(24)32)22-10-7-15-30-18-22/h4-6,8-9,11-14,16-17,22,30,32H,7,10,15,18H2,1-3H3,(H,31,33). The number of hydrogen-bond acceptors (Lipinski definition) is 5. The van der Waals surface area contributed by atoms with Crippen molar-refractivity contribution in [3.05, 3.63) is 83.4 Å². The maximum Gasteiger partial charge on any atom is 0.340 e. The van der Waals surface area contributed by atoms with Gasteiger partial charge in [-0.3, -0.25) is 4.79 Å². The fourth-order valence-electron chi connectivity index (χ4n) is 4.28. The third kappa shape index (κ3) is 6.08. The molecule has 35 heavy (non-hydrogen) atoms. The van der Waals surface area contributed by atoms with E-state index < -0.39 is 17.5 Å². The van der Waals surface area contributed by atoms with Gasteiger partial charge in [0.15, 0.2) is 0 Å². The molecule has 1 saturated heterocycles. The molecule has 3 N–H and O–H groups in total. The molecule has 1 fully saturated rings. The lowest BCUT2D eigenvalue weighted by atomic mass is 9.90. The van der Waals surface area contributed by atoms with Crippen molar-refractivity contribution in [2.75, 3.05) is 18.4 Å². The van der Waals surface area contributed by atoms with Gasteiger partial charge in [-0.1, -0.05) is 42.5 Å². The number of amides is 1. The summed E-state index contributed by atoms with van der Waals surface area (Å²) in [6, 6.07) is 20.1. The summed E-state index contributed by atoms with van der Waals surface area (Å²) >= 11 is 0. The predicted octanol–water partition coefficient (Wildman–Crippen LogP) is 5.73. The lowest BCUT2D eigenvalue weighted by Crippen LogP contribution is -2.28. The first-order valence-electron chi connectivity index (χ1n) is 12.0. The van der Waals surface area contributed by atoms with Crippen LogP contribution < -0.4 is 10.6 Å². The number of rotatable bonds is 5. The highest BCUT2D eigenvalue weighted by Crippen LogP contribution is 2.31. The first-order valence-corrected chi connectivity index (χ1v) is 12.0. The van der Waals surface area contributed by atoms with Gasteiger partial charge in [0, 0.05) is 6.54 Å². The second-order valence-electron chi connectivity index (χ2n) is 9.90. The highest BCUT2D eigenvalue weighted by molar-refractivity contribution is 6.10. The van der Waals surface area contributed by atoms with Gasteiger partial charge in [0.05, 0.1) is 16.8 Å². The molecule has 1 aliphatic rings. The van der Waals surface area contributed by atoms with E-state index in [1.165, 1.54) is 0 Å². The van der Waals surface area contributed by atoms with Gasteiger partial charge in [-0.25, -0.2) is 4.79 Å². The Labute approximate surface area is 206 Å². The third-order valence-corrected chi connectivity index (χ3v) is 6.03. The minimum Gasteiger partial charge on any atom is -0.507 e. The van der Waals surface area contributed by atoms with Gasteiger partial charge < -0.3 is 20.5 Å². The number of hydrogen-bond donors (Lipinski definition) is 3. The van der Waals surface area contributed by atoms with Crippen LogP contribution in [0.4, 0.5) is 5.69 Å². The van der Waals surface area contributed by atoms with Crippen LogP contribution in [0.25, 0.3) is 11.1 Å². The molecule has 4 rings (SSSR count). The summed E-state index contributed by atoms with van der Waals surface area (Å²) < 4.78 is 5.57. The van der Waals surface area contributed by atoms with Gasteiger partial charge in [-0.15, -0.1) is 0 Å². The molecule has 3 aromatic carbocycles. The molecule has 0 radical (unpaired) electrons. The van der Waals surface area contributed by atoms with Crippen LogP contribution in [-0.2, 0) is 4.74 Å². The van der Waals surface area contributed by atoms with Crippen LogP contribution in [0, 0.1) is 0 Å². The number of esters is 1. The third-order valence-electron chi connectivity index (χ3n) is 6.03. The molecule has 6 nitrogen and oxygen atoms in total. The molecule has 3 aromatic rings. The van der Waals surface area contributed by atoms with Crippen LogP contribution in [0.1, 0.15) is 65.8 Å². The first kappa shape index (κ1) is 24.5. The highest BCUT2D eigenvalue weighted by Gasteiger charge is 2.24. The molecule has 6 heteroatoms. The van der Waals surface area contributed by atoms with E-state index in [4.69, 9.17) is 4.74 Å². The molecule has 1 amide bonds. The number of piperidine rings is 1. The number of carbonyl (C=O) groups excluding carboxylic acids is 2. The van der Waals surface area contributed by atoms with Gasteiger partial charge in [0.2, 0.25) is 0 Å². The fraction of sp³-hybridized carbons (Fsp3) is 0.310. The van der Waals surface area contributed by atoms with Crippen molar-refractivity contribution in [2.45, 2.75) is 45.1 Å². The zero-order chi connectivity index (χ0) is 25.0. The van der Waals surface area contributed by atoms with Gasteiger partial charge >= 0.3 is 5.97 Å². The zero-order valence-corrected chi connectivity index (χ0v) is 20.4. The SMILES string of the molecule is CC(C)(C)OC(=O)c1ccc(-c2ccccc2)cc1NC(=O)c1cc(C2CCCNC2)ccc1O. The lowest BCUT2D eigenvalue weighted by molar-refractivity contribution is 0.00708. The number of nitrogens with one attached hydrogen (secondary N) is 2. The maximum absolute atomic E-state index is 13.3. The van der Waals surface area contributed by atoms with E-state index in [0.29, 0.717) is 5.69 Å². The van der Waals surface area contributed by atoms with E-state index in [9.17, 15) is 14.7 Å². The van der Waals surface area contributed by atoms with Crippen LogP contribution >= 0.6 is 0 Å². The first-order chi connectivity index (χ1) is 16.7. The Hall–Kier alpha value is -3.64. The molecule has 0 spiro atoms. The Morgan fingerprint density at radius 1 is 0.971 bits per heavy atom. The van der Waals surface area contributed by atoms with E-state index >= 15 is 0 Å². The quantitative estimate of drug-likeness (QED) is 0.413. The summed E-state index contributed by atoms with van der Waals surface area (Å²) in [5.41, 5.74) is 2.87. The van der Waals surface area contributed by atoms with E-state index in [1.54, 1.807) is 45.0 Å². The van der Waals surface area contributed by atoms with Gasteiger partial charge in [-0.2, -0.15) is 0 Å². The number of carbonyl (C=O) groups is 2. The summed E-state index contributed by atoms with van der Waals surface area (Å²) in [6.45, 7) is 7.22. The molecule has 1 atom stereocenters. The average Bonchev–Trinajstić information content (AvgIpc) is 2.84. The number of ether oxygens (including phenoxy) is 1. The Bertz CT molecular complexity index is 1210. The molecular weight excluding hydrogens is 440 g/mol. The Morgan fingerprint density at radius 2 is 1.74 bits per heavy atom.